The van der Waals surface area contributed by atoms with Crippen molar-refractivity contribution in [3.63, 3.8) is 0 Å². The Kier molecular flexibility index (Phi) is 5.41. The third-order valence-corrected chi connectivity index (χ3v) is 3.63. The summed E-state index contributed by atoms with van der Waals surface area (Å²) in [5.41, 5.74) is 2.84. The fraction of sp³-hybridized carbons (Fsp3) is 0.562. The van der Waals surface area contributed by atoms with Gasteiger partial charge in [-0.1, -0.05) is 31.2 Å². The fourth-order valence-electron chi connectivity index (χ4n) is 2.40. The van der Waals surface area contributed by atoms with Gasteiger partial charge in [0, 0.05) is 32.8 Å². The molecule has 1 aromatic carbocycles. The van der Waals surface area contributed by atoms with Crippen molar-refractivity contribution in [3.05, 3.63) is 35.4 Å². The van der Waals surface area contributed by atoms with E-state index in [0.29, 0.717) is 6.54 Å². The van der Waals surface area contributed by atoms with E-state index in [1.54, 1.807) is 0 Å². The van der Waals surface area contributed by atoms with E-state index in [1.165, 1.54) is 11.1 Å². The zero-order valence-corrected chi connectivity index (χ0v) is 12.5. The topological polar surface area (TPSA) is 47.9 Å². The summed E-state index contributed by atoms with van der Waals surface area (Å²) in [4.78, 5) is 6.95. The quantitative estimate of drug-likeness (QED) is 0.649. The van der Waals surface area contributed by atoms with Gasteiger partial charge in [-0.3, -0.25) is 4.99 Å². The number of nitrogens with one attached hydrogen (secondary N) is 1. The molecular weight excluding hydrogens is 250 g/mol. The van der Waals surface area contributed by atoms with Gasteiger partial charge >= 0.3 is 0 Å². The average molecular weight is 275 g/mol. The molecule has 1 heterocycles. The summed E-state index contributed by atoms with van der Waals surface area (Å²) in [7, 11) is 0. The molecule has 1 aliphatic heterocycles. The Morgan fingerprint density at radius 3 is 2.85 bits per heavy atom. The van der Waals surface area contributed by atoms with Crippen LogP contribution in [-0.4, -0.2) is 42.2 Å². The van der Waals surface area contributed by atoms with E-state index < -0.39 is 0 Å². The zero-order chi connectivity index (χ0) is 14.4. The maximum absolute atomic E-state index is 9.11. The Bertz CT molecular complexity index is 459. The molecular formula is C16H25N3O. The molecule has 0 amide bonds. The number of fused-ring (bicyclic) bond motifs is 1. The number of benzene rings is 1. The molecule has 1 unspecified atom stereocenters. The minimum atomic E-state index is 0.186. The number of aliphatic imine (C=N–C) groups is 1. The van der Waals surface area contributed by atoms with E-state index in [1.807, 2.05) is 6.92 Å². The number of nitrogens with zero attached hydrogens (tertiary/aromatic N) is 2. The molecule has 1 aliphatic rings. The summed E-state index contributed by atoms with van der Waals surface area (Å²) in [6.45, 7) is 7.72. The maximum Gasteiger partial charge on any atom is 0.194 e. The third-order valence-electron chi connectivity index (χ3n) is 3.63. The van der Waals surface area contributed by atoms with Gasteiger partial charge in [0.2, 0.25) is 0 Å². The number of hydrogen-bond acceptors (Lipinski definition) is 2. The maximum atomic E-state index is 9.11. The monoisotopic (exact) mass is 275 g/mol. The van der Waals surface area contributed by atoms with Gasteiger partial charge in [-0.15, -0.1) is 0 Å². The highest BCUT2D eigenvalue weighted by Crippen LogP contribution is 2.18. The molecule has 0 saturated heterocycles. The fourth-order valence-corrected chi connectivity index (χ4v) is 2.40. The van der Waals surface area contributed by atoms with Gasteiger partial charge in [0.05, 0.1) is 0 Å². The van der Waals surface area contributed by atoms with E-state index in [-0.39, 0.29) is 12.5 Å². The lowest BCUT2D eigenvalue weighted by Crippen LogP contribution is -2.44. The number of hydrogen-bond donors (Lipinski definition) is 2. The molecule has 20 heavy (non-hydrogen) atoms. The highest BCUT2D eigenvalue weighted by Gasteiger charge is 2.18. The van der Waals surface area contributed by atoms with Crippen LogP contribution in [0.15, 0.2) is 29.3 Å². The number of aliphatic hydroxyl groups excluding tert-OH is 1. The third kappa shape index (κ3) is 3.73. The second-order valence-electron chi connectivity index (χ2n) is 5.42. The summed E-state index contributed by atoms with van der Waals surface area (Å²) >= 11 is 0. The second-order valence-corrected chi connectivity index (χ2v) is 5.42. The van der Waals surface area contributed by atoms with E-state index >= 15 is 0 Å². The average Bonchev–Trinajstić information content (AvgIpc) is 2.50. The lowest BCUT2D eigenvalue weighted by Gasteiger charge is -2.31. The minimum Gasteiger partial charge on any atom is -0.396 e. The first-order valence-corrected chi connectivity index (χ1v) is 7.45. The normalized spacial score (nSPS) is 16.8. The number of guanidine groups is 1. The second kappa shape index (κ2) is 7.29. The van der Waals surface area contributed by atoms with Crippen LogP contribution in [0, 0.1) is 5.92 Å². The van der Waals surface area contributed by atoms with Gasteiger partial charge < -0.3 is 15.3 Å². The van der Waals surface area contributed by atoms with Crippen molar-refractivity contribution in [2.24, 2.45) is 10.9 Å². The van der Waals surface area contributed by atoms with Crippen molar-refractivity contribution >= 4 is 5.96 Å². The Balaban J connectivity index is 2.07. The summed E-state index contributed by atoms with van der Waals surface area (Å²) in [5.74, 6) is 1.17. The number of aliphatic hydroxyl groups is 1. The van der Waals surface area contributed by atoms with E-state index in [0.717, 1.165) is 32.0 Å². The van der Waals surface area contributed by atoms with Crippen LogP contribution in [0.2, 0.25) is 0 Å². The van der Waals surface area contributed by atoms with E-state index in [2.05, 4.69) is 46.4 Å². The van der Waals surface area contributed by atoms with Crippen LogP contribution in [0.4, 0.5) is 0 Å². The Morgan fingerprint density at radius 2 is 2.15 bits per heavy atom. The summed E-state index contributed by atoms with van der Waals surface area (Å²) < 4.78 is 0. The van der Waals surface area contributed by atoms with Crippen LogP contribution >= 0.6 is 0 Å². The number of rotatable bonds is 4. The molecule has 4 heteroatoms. The SMILES string of the molecule is CCNC(=NCC(C)CO)N1CCc2ccccc2C1. The van der Waals surface area contributed by atoms with Crippen molar-refractivity contribution in [2.45, 2.75) is 26.8 Å². The molecule has 0 saturated carbocycles. The van der Waals surface area contributed by atoms with Crippen LogP contribution in [0.25, 0.3) is 0 Å². The smallest absolute Gasteiger partial charge is 0.194 e. The molecule has 0 radical (unpaired) electrons. The first kappa shape index (κ1) is 14.9. The molecule has 0 aliphatic carbocycles. The van der Waals surface area contributed by atoms with Crippen LogP contribution in [0.1, 0.15) is 25.0 Å². The molecule has 0 fully saturated rings. The minimum absolute atomic E-state index is 0.186. The van der Waals surface area contributed by atoms with Gasteiger partial charge in [-0.25, -0.2) is 0 Å². The van der Waals surface area contributed by atoms with Crippen molar-refractivity contribution in [1.29, 1.82) is 0 Å². The molecule has 4 nitrogen and oxygen atoms in total. The lowest BCUT2D eigenvalue weighted by atomic mass is 10.0. The standard InChI is InChI=1S/C16H25N3O/c1-3-17-16(18-10-13(2)12-20)19-9-8-14-6-4-5-7-15(14)11-19/h4-7,13,20H,3,8-12H2,1-2H3,(H,17,18). The van der Waals surface area contributed by atoms with Crippen molar-refractivity contribution < 1.29 is 5.11 Å². The summed E-state index contributed by atoms with van der Waals surface area (Å²) in [6.07, 6.45) is 1.07. The Hall–Kier alpha value is -1.55. The molecule has 1 atom stereocenters. The van der Waals surface area contributed by atoms with Crippen molar-refractivity contribution in [3.8, 4) is 0 Å². The summed E-state index contributed by atoms with van der Waals surface area (Å²) in [5, 5.41) is 12.5. The van der Waals surface area contributed by atoms with Crippen LogP contribution in [-0.2, 0) is 13.0 Å². The first-order valence-electron chi connectivity index (χ1n) is 7.45. The zero-order valence-electron chi connectivity index (χ0n) is 12.5. The molecule has 2 rings (SSSR count). The first-order chi connectivity index (χ1) is 9.74. The van der Waals surface area contributed by atoms with E-state index in [4.69, 9.17) is 5.11 Å². The van der Waals surface area contributed by atoms with Crippen molar-refractivity contribution in [1.82, 2.24) is 10.2 Å². The van der Waals surface area contributed by atoms with Crippen molar-refractivity contribution in [2.75, 3.05) is 26.2 Å². The molecule has 0 spiro atoms. The molecule has 0 aromatic heterocycles. The van der Waals surface area contributed by atoms with Crippen LogP contribution in [0.3, 0.4) is 0 Å². The lowest BCUT2D eigenvalue weighted by molar-refractivity contribution is 0.241. The van der Waals surface area contributed by atoms with E-state index in [9.17, 15) is 0 Å². The highest BCUT2D eigenvalue weighted by atomic mass is 16.3. The Labute approximate surface area is 121 Å². The van der Waals surface area contributed by atoms with Gasteiger partial charge in [0.25, 0.3) is 0 Å². The molecule has 0 bridgehead atoms. The predicted molar refractivity (Wildman–Crippen MR) is 82.8 cm³/mol. The largest absolute Gasteiger partial charge is 0.396 e. The van der Waals surface area contributed by atoms with Crippen LogP contribution in [0.5, 0.6) is 0 Å². The van der Waals surface area contributed by atoms with Gasteiger partial charge in [0.15, 0.2) is 5.96 Å². The van der Waals surface area contributed by atoms with Gasteiger partial charge in [0.1, 0.15) is 0 Å². The Morgan fingerprint density at radius 1 is 1.40 bits per heavy atom. The highest BCUT2D eigenvalue weighted by molar-refractivity contribution is 5.80. The molecule has 110 valence electrons. The molecule has 1 aromatic rings. The van der Waals surface area contributed by atoms with Crippen LogP contribution < -0.4 is 5.32 Å². The predicted octanol–water partition coefficient (Wildman–Crippen LogP) is 1.64. The van der Waals surface area contributed by atoms with Gasteiger partial charge in [-0.2, -0.15) is 0 Å². The summed E-state index contributed by atoms with van der Waals surface area (Å²) in [6, 6.07) is 8.61. The molecule has 2 N–H and O–H groups in total. The van der Waals surface area contributed by atoms with Gasteiger partial charge in [-0.05, 0) is 30.4 Å².